The lowest BCUT2D eigenvalue weighted by molar-refractivity contribution is -0.172. The summed E-state index contributed by atoms with van der Waals surface area (Å²) in [4.78, 5) is 37.2. The van der Waals surface area contributed by atoms with Crippen LogP contribution in [0.5, 0.6) is 17.2 Å². The Labute approximate surface area is 146 Å². The average Bonchev–Trinajstić information content (AvgIpc) is 2.86. The number of phenolic OH excluding ortho intramolecular Hbond substituents is 3. The van der Waals surface area contributed by atoms with Crippen LogP contribution in [-0.4, -0.2) is 40.3 Å². The van der Waals surface area contributed by atoms with E-state index >= 15 is 0 Å². The van der Waals surface area contributed by atoms with Crippen LogP contribution < -0.4 is 5.63 Å². The Hall–Kier alpha value is -3.07. The van der Waals surface area contributed by atoms with E-state index in [1.807, 2.05) is 0 Å². The summed E-state index contributed by atoms with van der Waals surface area (Å²) >= 11 is 0. The van der Waals surface area contributed by atoms with Crippen LogP contribution in [0.2, 0.25) is 0 Å². The summed E-state index contributed by atoms with van der Waals surface area (Å²) in [5, 5.41) is 29.2. The maximum atomic E-state index is 12.6. The minimum Gasteiger partial charge on any atom is -0.504 e. The molecule has 1 aliphatic carbocycles. The molecule has 0 radical (unpaired) electrons. The van der Waals surface area contributed by atoms with Crippen molar-refractivity contribution in [2.75, 3.05) is 13.2 Å². The van der Waals surface area contributed by atoms with Crippen LogP contribution in [-0.2, 0) is 19.9 Å². The molecule has 1 heterocycles. The zero-order chi connectivity index (χ0) is 19.2. The molecule has 3 rings (SSSR count). The highest BCUT2D eigenvalue weighted by molar-refractivity contribution is 6.11. The van der Waals surface area contributed by atoms with E-state index in [0.717, 1.165) is 6.07 Å². The maximum absolute atomic E-state index is 12.6. The number of carbonyl (C=O) groups is 2. The van der Waals surface area contributed by atoms with Gasteiger partial charge in [-0.25, -0.2) is 9.59 Å². The third-order valence-electron chi connectivity index (χ3n) is 4.21. The van der Waals surface area contributed by atoms with Gasteiger partial charge in [0.05, 0.1) is 24.0 Å². The molecule has 0 aliphatic heterocycles. The predicted octanol–water partition coefficient (Wildman–Crippen LogP) is 1.29. The molecule has 0 saturated heterocycles. The number of esters is 1. The second-order valence-corrected chi connectivity index (χ2v) is 5.69. The molecule has 1 aromatic heterocycles. The highest BCUT2D eigenvalue weighted by atomic mass is 16.6. The number of ether oxygens (including phenoxy) is 2. The number of phenols is 3. The van der Waals surface area contributed by atoms with Crippen LogP contribution in [0, 0.1) is 0 Å². The predicted molar refractivity (Wildman–Crippen MR) is 86.4 cm³/mol. The molecule has 0 fully saturated rings. The molecule has 1 aromatic carbocycles. The van der Waals surface area contributed by atoms with Crippen LogP contribution in [0.1, 0.15) is 36.4 Å². The first kappa shape index (κ1) is 17.7. The fourth-order valence-corrected chi connectivity index (χ4v) is 3.20. The van der Waals surface area contributed by atoms with E-state index in [9.17, 15) is 29.7 Å². The second kappa shape index (κ2) is 6.03. The Morgan fingerprint density at radius 2 is 1.88 bits per heavy atom. The van der Waals surface area contributed by atoms with Gasteiger partial charge in [-0.15, -0.1) is 0 Å². The quantitative estimate of drug-likeness (QED) is 0.540. The van der Waals surface area contributed by atoms with Gasteiger partial charge in [0.25, 0.3) is 0 Å². The molecule has 3 N–H and O–H groups in total. The van der Waals surface area contributed by atoms with Crippen LogP contribution in [0.25, 0.3) is 10.8 Å². The summed E-state index contributed by atoms with van der Waals surface area (Å²) in [5.74, 6) is -4.57. The smallest absolute Gasteiger partial charge is 0.344 e. The summed E-state index contributed by atoms with van der Waals surface area (Å²) in [6.07, 6.45) is -0.488. The monoisotopic (exact) mass is 364 g/mol. The third-order valence-corrected chi connectivity index (χ3v) is 4.21. The fraction of sp³-hybridized carbons (Fsp3) is 0.353. The molecule has 1 aliphatic rings. The van der Waals surface area contributed by atoms with Crippen molar-refractivity contribution in [3.8, 4) is 17.2 Å². The van der Waals surface area contributed by atoms with Gasteiger partial charge in [0.1, 0.15) is 0 Å². The summed E-state index contributed by atoms with van der Waals surface area (Å²) < 4.78 is 15.6. The molecule has 0 spiro atoms. The fourth-order valence-electron chi connectivity index (χ4n) is 3.20. The van der Waals surface area contributed by atoms with Gasteiger partial charge in [-0.1, -0.05) is 0 Å². The van der Waals surface area contributed by atoms with Gasteiger partial charge in [-0.3, -0.25) is 4.79 Å². The number of Topliss-reactive ketones (excluding diaryl/α,β-unsaturated/α-hetero) is 1. The van der Waals surface area contributed by atoms with E-state index < -0.39 is 52.4 Å². The van der Waals surface area contributed by atoms with Gasteiger partial charge in [-0.05, 0) is 19.9 Å². The Morgan fingerprint density at radius 3 is 2.50 bits per heavy atom. The largest absolute Gasteiger partial charge is 0.504 e. The Bertz CT molecular complexity index is 988. The number of rotatable bonds is 4. The molecule has 1 atom stereocenters. The first-order valence-corrected chi connectivity index (χ1v) is 7.88. The minimum absolute atomic E-state index is 0.00389. The molecule has 0 bridgehead atoms. The number of hydrogen-bond donors (Lipinski definition) is 3. The first-order chi connectivity index (χ1) is 12.3. The lowest BCUT2D eigenvalue weighted by Gasteiger charge is -2.27. The standard InChI is InChI=1S/C17H16O9/c1-3-24-16(23)17(25-4-2)6-9(19)14-11(17)10-7(15(22)26-14)5-8(18)12(20)13(10)21/h5,18,20-21H,3-4,6H2,1-2H3. The number of aromatic hydroxyl groups is 3. The van der Waals surface area contributed by atoms with Gasteiger partial charge in [0.2, 0.25) is 17.1 Å². The number of benzene rings is 1. The van der Waals surface area contributed by atoms with E-state index in [1.165, 1.54) is 0 Å². The maximum Gasteiger partial charge on any atom is 0.344 e. The highest BCUT2D eigenvalue weighted by Crippen LogP contribution is 2.50. The van der Waals surface area contributed by atoms with Crippen molar-refractivity contribution in [3.05, 3.63) is 27.8 Å². The lowest BCUT2D eigenvalue weighted by atomic mass is 9.91. The van der Waals surface area contributed by atoms with Crippen LogP contribution >= 0.6 is 0 Å². The summed E-state index contributed by atoms with van der Waals surface area (Å²) in [6.45, 7) is 3.18. The average molecular weight is 364 g/mol. The normalized spacial score (nSPS) is 18.9. The Morgan fingerprint density at radius 1 is 1.19 bits per heavy atom. The SMILES string of the molecule is CCOC(=O)C1(OCC)CC(=O)c2oc(=O)c3cc(O)c(O)c(O)c3c21. The molecule has 0 amide bonds. The number of carbonyl (C=O) groups excluding carboxylic acids is 2. The molecule has 1 unspecified atom stereocenters. The second-order valence-electron chi connectivity index (χ2n) is 5.69. The zero-order valence-electron chi connectivity index (χ0n) is 14.0. The van der Waals surface area contributed by atoms with Crippen molar-refractivity contribution >= 4 is 22.5 Å². The van der Waals surface area contributed by atoms with Crippen LogP contribution in [0.4, 0.5) is 0 Å². The lowest BCUT2D eigenvalue weighted by Crippen LogP contribution is -2.39. The summed E-state index contributed by atoms with van der Waals surface area (Å²) in [7, 11) is 0. The first-order valence-electron chi connectivity index (χ1n) is 7.88. The van der Waals surface area contributed by atoms with E-state index in [2.05, 4.69) is 0 Å². The van der Waals surface area contributed by atoms with Crippen molar-refractivity contribution in [3.63, 3.8) is 0 Å². The van der Waals surface area contributed by atoms with Crippen molar-refractivity contribution in [2.24, 2.45) is 0 Å². The molecule has 138 valence electrons. The number of hydrogen-bond acceptors (Lipinski definition) is 9. The third kappa shape index (κ3) is 2.24. The van der Waals surface area contributed by atoms with Crippen molar-refractivity contribution in [1.82, 2.24) is 0 Å². The van der Waals surface area contributed by atoms with E-state index in [1.54, 1.807) is 13.8 Å². The Kier molecular flexibility index (Phi) is 4.11. The van der Waals surface area contributed by atoms with E-state index in [4.69, 9.17) is 13.9 Å². The van der Waals surface area contributed by atoms with Gasteiger partial charge in [0.15, 0.2) is 17.3 Å². The molecule has 9 nitrogen and oxygen atoms in total. The van der Waals surface area contributed by atoms with Gasteiger partial charge in [0, 0.05) is 12.0 Å². The molecular formula is C17H16O9. The molecule has 26 heavy (non-hydrogen) atoms. The Balaban J connectivity index is 2.50. The molecule has 2 aromatic rings. The zero-order valence-corrected chi connectivity index (χ0v) is 14.0. The molecular weight excluding hydrogens is 348 g/mol. The van der Waals surface area contributed by atoms with Crippen molar-refractivity contribution < 1.29 is 38.8 Å². The van der Waals surface area contributed by atoms with Crippen LogP contribution in [0.3, 0.4) is 0 Å². The van der Waals surface area contributed by atoms with Crippen molar-refractivity contribution in [2.45, 2.75) is 25.9 Å². The molecule has 0 saturated carbocycles. The number of fused-ring (bicyclic) bond motifs is 3. The topological polar surface area (TPSA) is 144 Å². The van der Waals surface area contributed by atoms with Gasteiger partial charge >= 0.3 is 11.6 Å². The minimum atomic E-state index is -1.94. The summed E-state index contributed by atoms with van der Waals surface area (Å²) in [6, 6.07) is 0.876. The van der Waals surface area contributed by atoms with E-state index in [0.29, 0.717) is 0 Å². The highest BCUT2D eigenvalue weighted by Gasteiger charge is 2.55. The van der Waals surface area contributed by atoms with Gasteiger partial charge < -0.3 is 29.2 Å². The van der Waals surface area contributed by atoms with Gasteiger partial charge in [-0.2, -0.15) is 0 Å². The van der Waals surface area contributed by atoms with Crippen LogP contribution in [0.15, 0.2) is 15.3 Å². The summed E-state index contributed by atoms with van der Waals surface area (Å²) in [5.41, 5.74) is -3.16. The molecule has 9 heteroatoms. The van der Waals surface area contributed by atoms with Crippen molar-refractivity contribution in [1.29, 1.82) is 0 Å². The van der Waals surface area contributed by atoms with E-state index in [-0.39, 0.29) is 29.5 Å². The number of ketones is 1.